The third-order valence-electron chi connectivity index (χ3n) is 2.71. The maximum absolute atomic E-state index is 13.4. The van der Waals surface area contributed by atoms with Gasteiger partial charge in [0.05, 0.1) is 5.75 Å². The van der Waals surface area contributed by atoms with E-state index in [4.69, 9.17) is 11.6 Å². The van der Waals surface area contributed by atoms with Gasteiger partial charge in [-0.25, -0.2) is 17.2 Å². The van der Waals surface area contributed by atoms with Crippen LogP contribution in [0.25, 0.3) is 0 Å². The first-order valence-electron chi connectivity index (χ1n) is 5.60. The number of hydrogen-bond donors (Lipinski definition) is 0. The van der Waals surface area contributed by atoms with E-state index < -0.39 is 26.4 Å². The highest BCUT2D eigenvalue weighted by atomic mass is 35.5. The van der Waals surface area contributed by atoms with Crippen molar-refractivity contribution in [2.75, 3.05) is 11.6 Å². The minimum absolute atomic E-state index is 0.154. The van der Waals surface area contributed by atoms with Gasteiger partial charge in [0, 0.05) is 11.9 Å². The van der Waals surface area contributed by atoms with Crippen LogP contribution in [0.2, 0.25) is 0 Å². The summed E-state index contributed by atoms with van der Waals surface area (Å²) in [5.41, 5.74) is 0. The molecule has 102 valence electrons. The van der Waals surface area contributed by atoms with E-state index in [1.165, 1.54) is 0 Å². The second-order valence-electron chi connectivity index (χ2n) is 4.27. The molecule has 1 aromatic rings. The number of rotatable bonds is 6. The second kappa shape index (κ2) is 6.48. The summed E-state index contributed by atoms with van der Waals surface area (Å²) in [6, 6.07) is 2.49. The van der Waals surface area contributed by atoms with Crippen molar-refractivity contribution in [1.29, 1.82) is 0 Å². The predicted octanol–water partition coefficient (Wildman–Crippen LogP) is 3.39. The molecule has 0 aliphatic rings. The molecular weight excluding hydrogens is 282 g/mol. The van der Waals surface area contributed by atoms with Gasteiger partial charge < -0.3 is 0 Å². The van der Waals surface area contributed by atoms with E-state index in [1.54, 1.807) is 0 Å². The first kappa shape index (κ1) is 15.4. The molecule has 0 aliphatic carbocycles. The van der Waals surface area contributed by atoms with Gasteiger partial charge in [0.15, 0.2) is 9.84 Å². The Morgan fingerprint density at radius 2 is 1.94 bits per heavy atom. The lowest BCUT2D eigenvalue weighted by molar-refractivity contribution is 0.525. The molecule has 0 aromatic heterocycles. The van der Waals surface area contributed by atoms with Gasteiger partial charge in [-0.3, -0.25) is 0 Å². The minimum atomic E-state index is -3.71. The second-order valence-corrected chi connectivity index (χ2v) is 6.72. The van der Waals surface area contributed by atoms with Crippen LogP contribution >= 0.6 is 11.6 Å². The van der Waals surface area contributed by atoms with E-state index >= 15 is 0 Å². The summed E-state index contributed by atoms with van der Waals surface area (Å²) in [4.78, 5) is -0.443. The van der Waals surface area contributed by atoms with Crippen molar-refractivity contribution in [3.8, 4) is 0 Å². The molecule has 0 saturated carbocycles. The van der Waals surface area contributed by atoms with Crippen molar-refractivity contribution >= 4 is 21.4 Å². The Labute approximate surface area is 111 Å². The fourth-order valence-corrected chi connectivity index (χ4v) is 3.46. The third-order valence-corrected chi connectivity index (χ3v) is 4.70. The molecule has 1 aromatic carbocycles. The molecule has 6 heteroatoms. The van der Waals surface area contributed by atoms with Crippen molar-refractivity contribution < 1.29 is 17.2 Å². The Hall–Kier alpha value is -0.680. The Morgan fingerprint density at radius 3 is 2.50 bits per heavy atom. The Kier molecular flexibility index (Phi) is 5.53. The number of halogens is 3. The van der Waals surface area contributed by atoms with Gasteiger partial charge in [-0.1, -0.05) is 6.92 Å². The van der Waals surface area contributed by atoms with Crippen molar-refractivity contribution in [2.45, 2.75) is 24.7 Å². The topological polar surface area (TPSA) is 34.1 Å². The van der Waals surface area contributed by atoms with E-state index in [1.807, 2.05) is 6.92 Å². The molecule has 1 unspecified atom stereocenters. The van der Waals surface area contributed by atoms with E-state index in [9.17, 15) is 17.2 Å². The first-order valence-corrected chi connectivity index (χ1v) is 7.79. The third kappa shape index (κ3) is 4.21. The van der Waals surface area contributed by atoms with Gasteiger partial charge in [-0.05, 0) is 30.9 Å². The zero-order valence-electron chi connectivity index (χ0n) is 10.00. The summed E-state index contributed by atoms with van der Waals surface area (Å²) in [7, 11) is -3.71. The Bertz CT molecular complexity index is 503. The Morgan fingerprint density at radius 1 is 1.28 bits per heavy atom. The molecule has 0 amide bonds. The molecule has 18 heavy (non-hydrogen) atoms. The van der Waals surface area contributed by atoms with Crippen molar-refractivity contribution in [3.05, 3.63) is 29.8 Å². The fourth-order valence-electron chi connectivity index (χ4n) is 1.52. The van der Waals surface area contributed by atoms with Crippen LogP contribution in [0.1, 0.15) is 19.8 Å². The molecule has 0 spiro atoms. The van der Waals surface area contributed by atoms with Crippen LogP contribution in [0.4, 0.5) is 8.78 Å². The standard InChI is InChI=1S/C12H15ClF2O2S/c1-9(4-6-13)5-7-18(16,17)12-3-2-10(14)8-11(12)15/h2-3,8-9H,4-7H2,1H3. The summed E-state index contributed by atoms with van der Waals surface area (Å²) in [6.07, 6.45) is 1.12. The van der Waals surface area contributed by atoms with Crippen molar-refractivity contribution in [1.82, 2.24) is 0 Å². The maximum Gasteiger partial charge on any atom is 0.181 e. The molecule has 0 N–H and O–H groups in total. The maximum atomic E-state index is 13.4. The predicted molar refractivity (Wildman–Crippen MR) is 67.5 cm³/mol. The van der Waals surface area contributed by atoms with E-state index in [2.05, 4.69) is 0 Å². The Balaban J connectivity index is 2.80. The van der Waals surface area contributed by atoms with Gasteiger partial charge in [-0.2, -0.15) is 0 Å². The molecule has 1 atom stereocenters. The molecule has 0 fully saturated rings. The van der Waals surface area contributed by atoms with Gasteiger partial charge in [0.2, 0.25) is 0 Å². The smallest absolute Gasteiger partial charge is 0.181 e. The van der Waals surface area contributed by atoms with Crippen LogP contribution in [-0.4, -0.2) is 20.1 Å². The number of hydrogen-bond acceptors (Lipinski definition) is 2. The van der Waals surface area contributed by atoms with Crippen LogP contribution in [0.5, 0.6) is 0 Å². The number of alkyl halides is 1. The summed E-state index contributed by atoms with van der Waals surface area (Å²) >= 11 is 5.55. The average molecular weight is 297 g/mol. The molecule has 0 bridgehead atoms. The molecule has 0 saturated heterocycles. The first-order chi connectivity index (χ1) is 8.36. The van der Waals surface area contributed by atoms with Crippen molar-refractivity contribution in [3.63, 3.8) is 0 Å². The zero-order valence-corrected chi connectivity index (χ0v) is 11.6. The van der Waals surface area contributed by atoms with E-state index in [0.717, 1.165) is 12.1 Å². The van der Waals surface area contributed by atoms with Crippen LogP contribution in [-0.2, 0) is 9.84 Å². The van der Waals surface area contributed by atoms with E-state index in [0.29, 0.717) is 24.8 Å². The summed E-state index contributed by atoms with van der Waals surface area (Å²) < 4.78 is 49.8. The van der Waals surface area contributed by atoms with Crippen LogP contribution in [0, 0.1) is 17.6 Å². The molecule has 1 rings (SSSR count). The zero-order chi connectivity index (χ0) is 13.8. The van der Waals surface area contributed by atoms with Crippen molar-refractivity contribution in [2.24, 2.45) is 5.92 Å². The van der Waals surface area contributed by atoms with Crippen LogP contribution in [0.3, 0.4) is 0 Å². The summed E-state index contributed by atoms with van der Waals surface area (Å²) in [5.74, 6) is -1.37. The fraction of sp³-hybridized carbons (Fsp3) is 0.500. The van der Waals surface area contributed by atoms with Gasteiger partial charge in [-0.15, -0.1) is 11.6 Å². The van der Waals surface area contributed by atoms with E-state index in [-0.39, 0.29) is 11.7 Å². The molecule has 2 nitrogen and oxygen atoms in total. The molecular formula is C12H15ClF2O2S. The molecule has 0 radical (unpaired) electrons. The van der Waals surface area contributed by atoms with Crippen LogP contribution in [0.15, 0.2) is 23.1 Å². The SMILES string of the molecule is CC(CCCl)CCS(=O)(=O)c1ccc(F)cc1F. The monoisotopic (exact) mass is 296 g/mol. The number of sulfone groups is 1. The van der Waals surface area contributed by atoms with Gasteiger partial charge >= 0.3 is 0 Å². The largest absolute Gasteiger partial charge is 0.224 e. The minimum Gasteiger partial charge on any atom is -0.224 e. The highest BCUT2D eigenvalue weighted by molar-refractivity contribution is 7.91. The molecule has 0 heterocycles. The highest BCUT2D eigenvalue weighted by Crippen LogP contribution is 2.20. The normalized spacial score (nSPS) is 13.6. The summed E-state index contributed by atoms with van der Waals surface area (Å²) in [5, 5.41) is 0. The molecule has 0 aliphatic heterocycles. The lowest BCUT2D eigenvalue weighted by atomic mass is 10.1. The summed E-state index contributed by atoms with van der Waals surface area (Å²) in [6.45, 7) is 1.89. The average Bonchev–Trinajstić information content (AvgIpc) is 2.26. The number of benzene rings is 1. The lowest BCUT2D eigenvalue weighted by Gasteiger charge is -2.10. The lowest BCUT2D eigenvalue weighted by Crippen LogP contribution is -2.12. The highest BCUT2D eigenvalue weighted by Gasteiger charge is 2.20. The van der Waals surface area contributed by atoms with Gasteiger partial charge in [0.1, 0.15) is 16.5 Å². The van der Waals surface area contributed by atoms with Crippen LogP contribution < -0.4 is 0 Å². The quantitative estimate of drug-likeness (QED) is 0.595. The van der Waals surface area contributed by atoms with Gasteiger partial charge in [0.25, 0.3) is 0 Å².